The zero-order valence-electron chi connectivity index (χ0n) is 17.3. The van der Waals surface area contributed by atoms with Gasteiger partial charge in [-0.05, 0) is 42.0 Å². The summed E-state index contributed by atoms with van der Waals surface area (Å²) in [6, 6.07) is 14.3. The van der Waals surface area contributed by atoms with E-state index < -0.39 is 0 Å². The smallest absolute Gasteiger partial charge is 0.269 e. The number of nitrogens with zero attached hydrogens (tertiary/aromatic N) is 4. The van der Waals surface area contributed by atoms with Gasteiger partial charge in [0.25, 0.3) is 5.69 Å². The van der Waals surface area contributed by atoms with Crippen molar-refractivity contribution in [3.63, 3.8) is 0 Å². The molecule has 162 valence electrons. The van der Waals surface area contributed by atoms with Gasteiger partial charge >= 0.3 is 0 Å². The number of methoxy groups -OCH3 is 1. The molecule has 1 aliphatic heterocycles. The number of nitro benzene ring substituents is 1. The average Bonchev–Trinajstić information content (AvgIpc) is 3.21. The van der Waals surface area contributed by atoms with E-state index in [2.05, 4.69) is 14.8 Å². The molecule has 0 unspecified atom stereocenters. The predicted molar refractivity (Wildman–Crippen MR) is 120 cm³/mol. The lowest BCUT2D eigenvalue weighted by molar-refractivity contribution is -0.384. The normalized spacial score (nSPS) is 15.2. The van der Waals surface area contributed by atoms with Gasteiger partial charge in [-0.1, -0.05) is 0 Å². The van der Waals surface area contributed by atoms with E-state index in [0.717, 1.165) is 66.9 Å². The molecule has 1 aliphatic rings. The van der Waals surface area contributed by atoms with Crippen LogP contribution in [-0.2, 0) is 11.3 Å². The standard InChI is InChI=1S/C22H24N4O4S/c1-29-20-8-4-18(5-9-20)23-22-25(11-10-24-12-14-30-15-13-24)21(16-31-22)17-2-6-19(7-3-17)26(27)28/h2-9,16H,10-15H2,1H3. The Balaban J connectivity index is 1.68. The SMILES string of the molecule is COc1ccc(N=c2scc(-c3ccc([N+](=O)[O-])cc3)n2CCN2CCOCC2)cc1. The van der Waals surface area contributed by atoms with Crippen molar-refractivity contribution in [2.75, 3.05) is 40.0 Å². The third-order valence-electron chi connectivity index (χ3n) is 5.21. The van der Waals surface area contributed by atoms with Crippen LogP contribution in [0.2, 0.25) is 0 Å². The van der Waals surface area contributed by atoms with Crippen molar-refractivity contribution in [3.8, 4) is 17.0 Å². The number of rotatable bonds is 7. The molecule has 9 heteroatoms. The number of nitro groups is 1. The summed E-state index contributed by atoms with van der Waals surface area (Å²) in [6.07, 6.45) is 0. The lowest BCUT2D eigenvalue weighted by Crippen LogP contribution is -2.39. The van der Waals surface area contributed by atoms with Crippen LogP contribution in [0.1, 0.15) is 0 Å². The molecule has 31 heavy (non-hydrogen) atoms. The second-order valence-electron chi connectivity index (χ2n) is 7.12. The van der Waals surface area contributed by atoms with Crippen LogP contribution in [-0.4, -0.2) is 54.3 Å². The third kappa shape index (κ3) is 5.19. The highest BCUT2D eigenvalue weighted by atomic mass is 32.1. The van der Waals surface area contributed by atoms with Crippen molar-refractivity contribution in [3.05, 3.63) is 68.8 Å². The summed E-state index contributed by atoms with van der Waals surface area (Å²) in [4.78, 5) is 18.7. The summed E-state index contributed by atoms with van der Waals surface area (Å²) in [5, 5.41) is 13.1. The first-order chi connectivity index (χ1) is 15.1. The van der Waals surface area contributed by atoms with Gasteiger partial charge in [0, 0.05) is 43.7 Å². The molecule has 2 aromatic carbocycles. The van der Waals surface area contributed by atoms with Crippen molar-refractivity contribution in [1.82, 2.24) is 9.47 Å². The molecule has 1 fully saturated rings. The molecule has 4 rings (SSSR count). The maximum Gasteiger partial charge on any atom is 0.269 e. The van der Waals surface area contributed by atoms with Crippen LogP contribution in [0.15, 0.2) is 58.9 Å². The van der Waals surface area contributed by atoms with Crippen LogP contribution < -0.4 is 9.54 Å². The molecular formula is C22H24N4O4S. The largest absolute Gasteiger partial charge is 0.497 e. The average molecular weight is 441 g/mol. The molecule has 0 saturated carbocycles. The molecule has 2 heterocycles. The number of morpholine rings is 1. The molecule has 0 atom stereocenters. The maximum absolute atomic E-state index is 11.0. The minimum absolute atomic E-state index is 0.0852. The fraction of sp³-hybridized carbons (Fsp3) is 0.318. The fourth-order valence-corrected chi connectivity index (χ4v) is 4.41. The Morgan fingerprint density at radius 2 is 1.81 bits per heavy atom. The van der Waals surface area contributed by atoms with Gasteiger partial charge in [0.2, 0.25) is 0 Å². The summed E-state index contributed by atoms with van der Waals surface area (Å²) in [6.45, 7) is 5.00. The van der Waals surface area contributed by atoms with Crippen molar-refractivity contribution in [2.24, 2.45) is 4.99 Å². The second kappa shape index (κ2) is 9.86. The van der Waals surface area contributed by atoms with E-state index in [1.165, 1.54) is 0 Å². The van der Waals surface area contributed by atoms with Gasteiger partial charge in [-0.3, -0.25) is 15.0 Å². The number of ether oxygens (including phenoxy) is 2. The molecule has 0 amide bonds. The first-order valence-electron chi connectivity index (χ1n) is 10.1. The Morgan fingerprint density at radius 3 is 2.45 bits per heavy atom. The van der Waals surface area contributed by atoms with Crippen LogP contribution in [0, 0.1) is 10.1 Å². The Labute approximate surface area is 184 Å². The molecule has 3 aromatic rings. The van der Waals surface area contributed by atoms with E-state index in [0.29, 0.717) is 0 Å². The quantitative estimate of drug-likeness (QED) is 0.413. The maximum atomic E-state index is 11.0. The van der Waals surface area contributed by atoms with Gasteiger partial charge in [0.05, 0.1) is 36.6 Å². The number of aromatic nitrogens is 1. The highest BCUT2D eigenvalue weighted by Gasteiger charge is 2.14. The first-order valence-corrected chi connectivity index (χ1v) is 10.9. The van der Waals surface area contributed by atoms with Crippen LogP contribution in [0.4, 0.5) is 11.4 Å². The second-order valence-corrected chi connectivity index (χ2v) is 7.96. The van der Waals surface area contributed by atoms with Gasteiger partial charge in [0.15, 0.2) is 4.80 Å². The van der Waals surface area contributed by atoms with E-state index in [4.69, 9.17) is 14.5 Å². The van der Waals surface area contributed by atoms with Gasteiger partial charge in [-0.25, -0.2) is 4.99 Å². The summed E-state index contributed by atoms with van der Waals surface area (Å²) in [5.41, 5.74) is 2.86. The third-order valence-corrected chi connectivity index (χ3v) is 6.08. The molecule has 0 radical (unpaired) electrons. The Bertz CT molecular complexity index is 1080. The molecule has 0 spiro atoms. The highest BCUT2D eigenvalue weighted by Crippen LogP contribution is 2.24. The van der Waals surface area contributed by atoms with E-state index in [1.54, 1.807) is 42.7 Å². The lowest BCUT2D eigenvalue weighted by Gasteiger charge is -2.26. The Kier molecular flexibility index (Phi) is 6.76. The zero-order valence-corrected chi connectivity index (χ0v) is 18.1. The molecule has 8 nitrogen and oxygen atoms in total. The Morgan fingerprint density at radius 1 is 1.10 bits per heavy atom. The van der Waals surface area contributed by atoms with E-state index >= 15 is 0 Å². The minimum atomic E-state index is -0.381. The fourth-order valence-electron chi connectivity index (χ4n) is 3.45. The zero-order chi connectivity index (χ0) is 21.6. The molecule has 0 N–H and O–H groups in total. The van der Waals surface area contributed by atoms with Crippen molar-refractivity contribution < 1.29 is 14.4 Å². The number of hydrogen-bond donors (Lipinski definition) is 0. The summed E-state index contributed by atoms with van der Waals surface area (Å²) >= 11 is 1.56. The molecule has 0 aliphatic carbocycles. The summed E-state index contributed by atoms with van der Waals surface area (Å²) < 4.78 is 12.9. The molecule has 1 saturated heterocycles. The molecular weight excluding hydrogens is 416 g/mol. The van der Waals surface area contributed by atoms with Crippen molar-refractivity contribution >= 4 is 22.7 Å². The van der Waals surface area contributed by atoms with Gasteiger partial charge in [-0.15, -0.1) is 11.3 Å². The number of thiazole rings is 1. The summed E-state index contributed by atoms with van der Waals surface area (Å²) in [5.74, 6) is 0.789. The van der Waals surface area contributed by atoms with Crippen LogP contribution in [0.5, 0.6) is 5.75 Å². The minimum Gasteiger partial charge on any atom is -0.497 e. The van der Waals surface area contributed by atoms with Crippen LogP contribution in [0.3, 0.4) is 0 Å². The highest BCUT2D eigenvalue weighted by molar-refractivity contribution is 7.07. The van der Waals surface area contributed by atoms with Crippen molar-refractivity contribution in [2.45, 2.75) is 6.54 Å². The predicted octanol–water partition coefficient (Wildman–Crippen LogP) is 3.70. The van der Waals surface area contributed by atoms with E-state index in [1.807, 2.05) is 24.3 Å². The molecule has 1 aromatic heterocycles. The number of hydrogen-bond acceptors (Lipinski definition) is 7. The van der Waals surface area contributed by atoms with Gasteiger partial charge < -0.3 is 14.0 Å². The summed E-state index contributed by atoms with van der Waals surface area (Å²) in [7, 11) is 1.64. The number of benzene rings is 2. The molecule has 0 bridgehead atoms. The van der Waals surface area contributed by atoms with Crippen LogP contribution >= 0.6 is 11.3 Å². The lowest BCUT2D eigenvalue weighted by atomic mass is 10.1. The monoisotopic (exact) mass is 440 g/mol. The van der Waals surface area contributed by atoms with E-state index in [-0.39, 0.29) is 10.6 Å². The van der Waals surface area contributed by atoms with Gasteiger partial charge in [-0.2, -0.15) is 0 Å². The first kappa shape index (κ1) is 21.2. The number of non-ortho nitro benzene ring substituents is 1. The topological polar surface area (TPSA) is 82.1 Å². The van der Waals surface area contributed by atoms with E-state index in [9.17, 15) is 10.1 Å². The van der Waals surface area contributed by atoms with Crippen molar-refractivity contribution in [1.29, 1.82) is 0 Å². The Hall–Kier alpha value is -3.01. The van der Waals surface area contributed by atoms with Gasteiger partial charge in [0.1, 0.15) is 5.75 Å². The van der Waals surface area contributed by atoms with Crippen LogP contribution in [0.25, 0.3) is 11.3 Å².